The van der Waals surface area contributed by atoms with Gasteiger partial charge in [-0.25, -0.2) is 8.78 Å². The van der Waals surface area contributed by atoms with Gasteiger partial charge in [0.05, 0.1) is 0 Å². The second kappa shape index (κ2) is 7.11. The van der Waals surface area contributed by atoms with Crippen LogP contribution in [0.15, 0.2) is 18.2 Å². The molecule has 1 unspecified atom stereocenters. The Balaban J connectivity index is 2.44. The number of ether oxygens (including phenoxy) is 1. The fourth-order valence-electron chi connectivity index (χ4n) is 1.34. The summed E-state index contributed by atoms with van der Waals surface area (Å²) < 4.78 is 28.3. The summed E-state index contributed by atoms with van der Waals surface area (Å²) in [6.45, 7) is -0.397. The third-order valence-corrected chi connectivity index (χ3v) is 2.74. The average Bonchev–Trinajstić information content (AvgIpc) is 2.23. The lowest BCUT2D eigenvalue weighted by atomic mass is 10.1. The Hall–Kier alpha value is -0.420. The minimum absolute atomic E-state index is 0.171. The summed E-state index contributed by atoms with van der Waals surface area (Å²) in [5, 5.41) is 0.999. The van der Waals surface area contributed by atoms with E-state index in [1.54, 1.807) is 18.2 Å². The van der Waals surface area contributed by atoms with Gasteiger partial charge in [0.1, 0.15) is 6.61 Å². The number of rotatable bonds is 6. The maximum Gasteiger partial charge on any atom is 0.261 e. The summed E-state index contributed by atoms with van der Waals surface area (Å²) in [5.41, 5.74) is 6.60. The lowest BCUT2D eigenvalue weighted by Crippen LogP contribution is -2.15. The van der Waals surface area contributed by atoms with Crippen LogP contribution < -0.4 is 5.73 Å². The zero-order chi connectivity index (χ0) is 12.8. The Labute approximate surface area is 109 Å². The summed E-state index contributed by atoms with van der Waals surface area (Å²) in [6.07, 6.45) is -2.03. The van der Waals surface area contributed by atoms with E-state index < -0.39 is 13.0 Å². The highest BCUT2D eigenvalue weighted by molar-refractivity contribution is 6.35. The van der Waals surface area contributed by atoms with Crippen molar-refractivity contribution >= 4 is 23.2 Å². The van der Waals surface area contributed by atoms with Crippen LogP contribution in [-0.4, -0.2) is 19.6 Å². The largest absolute Gasteiger partial charge is 0.375 e. The van der Waals surface area contributed by atoms with Gasteiger partial charge in [0.15, 0.2) is 0 Å². The Bertz CT molecular complexity index is 363. The minimum atomic E-state index is -2.45. The van der Waals surface area contributed by atoms with Gasteiger partial charge in [-0.1, -0.05) is 29.3 Å². The minimum Gasteiger partial charge on any atom is -0.375 e. The van der Waals surface area contributed by atoms with Crippen molar-refractivity contribution in [1.29, 1.82) is 0 Å². The number of alkyl halides is 2. The van der Waals surface area contributed by atoms with Gasteiger partial charge >= 0.3 is 0 Å². The molecule has 2 N–H and O–H groups in total. The van der Waals surface area contributed by atoms with Crippen molar-refractivity contribution in [3.8, 4) is 0 Å². The molecule has 0 radical (unpaired) electrons. The van der Waals surface area contributed by atoms with Gasteiger partial charge in [-0.05, 0) is 24.1 Å². The number of hydrogen-bond acceptors (Lipinski definition) is 2. The van der Waals surface area contributed by atoms with Gasteiger partial charge in [-0.2, -0.15) is 0 Å². The predicted molar refractivity (Wildman–Crippen MR) is 64.8 cm³/mol. The highest BCUT2D eigenvalue weighted by atomic mass is 35.5. The van der Waals surface area contributed by atoms with Crippen LogP contribution in [0.2, 0.25) is 10.0 Å². The molecule has 0 aliphatic heterocycles. The van der Waals surface area contributed by atoms with Crippen LogP contribution in [0.25, 0.3) is 0 Å². The molecule has 0 amide bonds. The smallest absolute Gasteiger partial charge is 0.261 e. The lowest BCUT2D eigenvalue weighted by molar-refractivity contribution is 0.0152. The molecule has 2 nitrogen and oxygen atoms in total. The van der Waals surface area contributed by atoms with Crippen LogP contribution in [0.5, 0.6) is 0 Å². The Morgan fingerprint density at radius 2 is 2.00 bits per heavy atom. The summed E-state index contributed by atoms with van der Waals surface area (Å²) in [7, 11) is 0. The van der Waals surface area contributed by atoms with E-state index in [0.717, 1.165) is 5.56 Å². The van der Waals surface area contributed by atoms with Crippen molar-refractivity contribution in [3.05, 3.63) is 33.8 Å². The lowest BCUT2D eigenvalue weighted by Gasteiger charge is -2.14. The molecule has 0 aromatic heterocycles. The van der Waals surface area contributed by atoms with Crippen molar-refractivity contribution in [2.24, 2.45) is 5.73 Å². The first-order chi connectivity index (χ1) is 8.00. The third kappa shape index (κ3) is 5.17. The molecular formula is C11H13Cl2F2NO. The first kappa shape index (κ1) is 14.6. The van der Waals surface area contributed by atoms with E-state index in [4.69, 9.17) is 33.7 Å². The number of halogens is 4. The van der Waals surface area contributed by atoms with Gasteiger partial charge < -0.3 is 10.5 Å². The molecule has 0 saturated heterocycles. The molecule has 0 heterocycles. The maximum atomic E-state index is 11.8. The Kier molecular flexibility index (Phi) is 6.12. The van der Waals surface area contributed by atoms with E-state index in [-0.39, 0.29) is 12.6 Å². The normalized spacial score (nSPS) is 13.1. The van der Waals surface area contributed by atoms with Crippen LogP contribution in [-0.2, 0) is 4.74 Å². The van der Waals surface area contributed by atoms with E-state index in [1.165, 1.54) is 0 Å². The van der Waals surface area contributed by atoms with Crippen LogP contribution in [0.1, 0.15) is 18.0 Å². The maximum absolute atomic E-state index is 11.8. The topological polar surface area (TPSA) is 35.2 Å². The van der Waals surface area contributed by atoms with E-state index >= 15 is 0 Å². The van der Waals surface area contributed by atoms with Crippen molar-refractivity contribution in [3.63, 3.8) is 0 Å². The zero-order valence-electron chi connectivity index (χ0n) is 9.01. The van der Waals surface area contributed by atoms with Gasteiger partial charge in [0.2, 0.25) is 0 Å². The molecule has 0 aliphatic carbocycles. The van der Waals surface area contributed by atoms with Gasteiger partial charge in [-0.3, -0.25) is 0 Å². The highest BCUT2D eigenvalue weighted by Crippen LogP contribution is 2.26. The molecular weight excluding hydrogens is 271 g/mol. The van der Waals surface area contributed by atoms with Gasteiger partial charge in [0, 0.05) is 22.7 Å². The van der Waals surface area contributed by atoms with E-state index in [9.17, 15) is 8.78 Å². The molecule has 96 valence electrons. The first-order valence-corrected chi connectivity index (χ1v) is 5.82. The fraction of sp³-hybridized carbons (Fsp3) is 0.455. The molecule has 1 atom stereocenters. The molecule has 17 heavy (non-hydrogen) atoms. The quantitative estimate of drug-likeness (QED) is 0.809. The molecule has 6 heteroatoms. The first-order valence-electron chi connectivity index (χ1n) is 5.07. The summed E-state index contributed by atoms with van der Waals surface area (Å²) in [4.78, 5) is 0. The fourth-order valence-corrected chi connectivity index (χ4v) is 1.89. The van der Waals surface area contributed by atoms with Crippen molar-refractivity contribution in [1.82, 2.24) is 0 Å². The van der Waals surface area contributed by atoms with E-state index in [1.807, 2.05) is 0 Å². The standard InChI is InChI=1S/C11H13Cl2F2NO/c12-7-1-2-8(9(13)5-7)10(16)3-4-17-6-11(14)15/h1-2,5,10-11H,3-4,6,16H2. The molecule has 0 spiro atoms. The van der Waals surface area contributed by atoms with Gasteiger partial charge in [0.25, 0.3) is 6.43 Å². The SMILES string of the molecule is NC(CCOCC(F)F)c1ccc(Cl)cc1Cl. The van der Waals surface area contributed by atoms with E-state index in [2.05, 4.69) is 0 Å². The third-order valence-electron chi connectivity index (χ3n) is 2.18. The summed E-state index contributed by atoms with van der Waals surface area (Å²) in [5.74, 6) is 0. The van der Waals surface area contributed by atoms with E-state index in [0.29, 0.717) is 16.5 Å². The molecule has 1 aromatic rings. The molecule has 0 bridgehead atoms. The molecule has 0 saturated carbocycles. The Morgan fingerprint density at radius 1 is 1.29 bits per heavy atom. The van der Waals surface area contributed by atoms with Crippen molar-refractivity contribution < 1.29 is 13.5 Å². The highest BCUT2D eigenvalue weighted by Gasteiger charge is 2.11. The van der Waals surface area contributed by atoms with Crippen molar-refractivity contribution in [2.75, 3.05) is 13.2 Å². The van der Waals surface area contributed by atoms with Gasteiger partial charge in [-0.15, -0.1) is 0 Å². The second-order valence-electron chi connectivity index (χ2n) is 3.53. The number of benzene rings is 1. The van der Waals surface area contributed by atoms with Crippen molar-refractivity contribution in [2.45, 2.75) is 18.9 Å². The molecule has 1 aromatic carbocycles. The number of hydrogen-bond donors (Lipinski definition) is 1. The van der Waals surface area contributed by atoms with Crippen LogP contribution in [0.4, 0.5) is 8.78 Å². The van der Waals surface area contributed by atoms with Crippen LogP contribution in [0.3, 0.4) is 0 Å². The number of nitrogens with two attached hydrogens (primary N) is 1. The summed E-state index contributed by atoms with van der Waals surface area (Å²) >= 11 is 11.7. The second-order valence-corrected chi connectivity index (χ2v) is 4.37. The van der Waals surface area contributed by atoms with Crippen LogP contribution >= 0.6 is 23.2 Å². The average molecular weight is 284 g/mol. The summed E-state index contributed by atoms with van der Waals surface area (Å²) in [6, 6.07) is 4.65. The Morgan fingerprint density at radius 3 is 2.59 bits per heavy atom. The molecule has 0 aliphatic rings. The van der Waals surface area contributed by atoms with Crippen LogP contribution in [0, 0.1) is 0 Å². The molecule has 0 fully saturated rings. The molecule has 1 rings (SSSR count). The zero-order valence-corrected chi connectivity index (χ0v) is 10.5. The monoisotopic (exact) mass is 283 g/mol. The predicted octanol–water partition coefficient (Wildman–Crippen LogP) is 3.67.